The maximum absolute atomic E-state index is 12.3. The normalized spacial score (nSPS) is 23.1. The van der Waals surface area contributed by atoms with Crippen LogP contribution in [0.1, 0.15) is 22.7 Å². The Balaban J connectivity index is 2.13. The number of aryl methyl sites for hydroxylation is 1. The van der Waals surface area contributed by atoms with Gasteiger partial charge in [-0.15, -0.1) is 0 Å². The molecular weight excluding hydrogens is 260 g/mol. The van der Waals surface area contributed by atoms with E-state index in [1.54, 1.807) is 6.92 Å². The van der Waals surface area contributed by atoms with Gasteiger partial charge < -0.3 is 19.3 Å². The first-order chi connectivity index (χ1) is 9.38. The predicted molar refractivity (Wildman–Crippen MR) is 73.7 cm³/mol. The van der Waals surface area contributed by atoms with Crippen molar-refractivity contribution >= 4 is 5.91 Å². The van der Waals surface area contributed by atoms with Crippen molar-refractivity contribution < 1.29 is 14.3 Å². The third-order valence-electron chi connectivity index (χ3n) is 3.60. The number of hydrogen-bond donors (Lipinski definition) is 1. The zero-order valence-corrected chi connectivity index (χ0v) is 12.0. The number of carbonyl (C=O) groups is 1. The first kappa shape index (κ1) is 14.7. The van der Waals surface area contributed by atoms with E-state index in [-0.39, 0.29) is 29.7 Å². The molecule has 1 aromatic rings. The molecule has 6 nitrogen and oxygen atoms in total. The van der Waals surface area contributed by atoms with E-state index in [0.29, 0.717) is 18.7 Å². The highest BCUT2D eigenvalue weighted by atomic mass is 16.3. The van der Waals surface area contributed by atoms with Crippen molar-refractivity contribution in [3.63, 3.8) is 0 Å². The van der Waals surface area contributed by atoms with Gasteiger partial charge in [-0.05, 0) is 27.4 Å². The number of nitrogens with zero attached hydrogens (tertiary/aromatic N) is 2. The van der Waals surface area contributed by atoms with Crippen LogP contribution in [-0.4, -0.2) is 60.1 Å². The molecule has 0 radical (unpaired) electrons. The van der Waals surface area contributed by atoms with Gasteiger partial charge in [-0.1, -0.05) is 0 Å². The van der Waals surface area contributed by atoms with E-state index in [9.17, 15) is 14.7 Å². The van der Waals surface area contributed by atoms with Gasteiger partial charge >= 0.3 is 0 Å². The van der Waals surface area contributed by atoms with Crippen molar-refractivity contribution in [3.05, 3.63) is 33.9 Å². The van der Waals surface area contributed by atoms with Crippen molar-refractivity contribution in [1.29, 1.82) is 0 Å². The summed E-state index contributed by atoms with van der Waals surface area (Å²) in [7, 11) is 3.82. The van der Waals surface area contributed by atoms with Gasteiger partial charge in [0, 0.05) is 31.3 Å². The molecule has 2 heterocycles. The molecule has 2 atom stereocenters. The highest BCUT2D eigenvalue weighted by Crippen LogP contribution is 2.17. The molecule has 110 valence electrons. The fourth-order valence-electron chi connectivity index (χ4n) is 2.57. The van der Waals surface area contributed by atoms with Gasteiger partial charge in [0.2, 0.25) is 0 Å². The number of likely N-dealkylation sites (N-methyl/N-ethyl adjacent to an activating group) is 1. The maximum Gasteiger partial charge on any atom is 0.289 e. The van der Waals surface area contributed by atoms with E-state index >= 15 is 0 Å². The Morgan fingerprint density at radius 1 is 1.45 bits per heavy atom. The average molecular weight is 280 g/mol. The second kappa shape index (κ2) is 5.76. The number of aliphatic hydroxyl groups is 1. The van der Waals surface area contributed by atoms with Gasteiger partial charge in [-0.2, -0.15) is 0 Å². The molecule has 2 rings (SSSR count). The monoisotopic (exact) mass is 280 g/mol. The van der Waals surface area contributed by atoms with Crippen molar-refractivity contribution in [2.24, 2.45) is 0 Å². The number of aliphatic hydroxyl groups excluding tert-OH is 1. The summed E-state index contributed by atoms with van der Waals surface area (Å²) in [6.45, 7) is 2.42. The number of rotatable bonds is 2. The minimum Gasteiger partial charge on any atom is -0.456 e. The second-order valence-corrected chi connectivity index (χ2v) is 5.41. The minimum atomic E-state index is -0.598. The third kappa shape index (κ3) is 3.08. The molecule has 1 aliphatic rings. The maximum atomic E-state index is 12.3. The summed E-state index contributed by atoms with van der Waals surface area (Å²) < 4.78 is 5.30. The van der Waals surface area contributed by atoms with Crippen LogP contribution in [0.4, 0.5) is 0 Å². The first-order valence-corrected chi connectivity index (χ1v) is 6.64. The highest BCUT2D eigenvalue weighted by molar-refractivity contribution is 5.91. The lowest BCUT2D eigenvalue weighted by atomic mass is 10.0. The number of carbonyl (C=O) groups excluding carboxylic acids is 1. The Kier molecular flexibility index (Phi) is 4.25. The topological polar surface area (TPSA) is 74.0 Å². The Hall–Kier alpha value is -1.66. The molecule has 1 N–H and O–H groups in total. The van der Waals surface area contributed by atoms with Crippen LogP contribution < -0.4 is 5.43 Å². The SMILES string of the molecule is Cc1cc(=O)cc(C(=O)N2CC[C@@H](N(C)C)[C@H](O)C2)o1. The summed E-state index contributed by atoms with van der Waals surface area (Å²) in [6, 6.07) is 2.58. The summed E-state index contributed by atoms with van der Waals surface area (Å²) in [5.41, 5.74) is -0.249. The van der Waals surface area contributed by atoms with Gasteiger partial charge in [0.15, 0.2) is 11.2 Å². The summed E-state index contributed by atoms with van der Waals surface area (Å²) in [5.74, 6) is 0.0946. The molecule has 0 aliphatic carbocycles. The van der Waals surface area contributed by atoms with Crippen LogP contribution in [0.5, 0.6) is 0 Å². The minimum absolute atomic E-state index is 0.0329. The Labute approximate surface area is 117 Å². The zero-order chi connectivity index (χ0) is 14.9. The van der Waals surface area contributed by atoms with E-state index in [4.69, 9.17) is 4.42 Å². The quantitative estimate of drug-likeness (QED) is 0.831. The zero-order valence-electron chi connectivity index (χ0n) is 12.0. The molecule has 1 saturated heterocycles. The van der Waals surface area contributed by atoms with Crippen molar-refractivity contribution in [2.75, 3.05) is 27.2 Å². The number of likely N-dealkylation sites (tertiary alicyclic amines) is 1. The predicted octanol–water partition coefficient (Wildman–Crippen LogP) is 0.0852. The molecule has 0 spiro atoms. The summed E-state index contributed by atoms with van der Waals surface area (Å²) in [6.07, 6.45) is 0.0925. The van der Waals surface area contributed by atoms with E-state index in [2.05, 4.69) is 0 Å². The number of hydrogen-bond acceptors (Lipinski definition) is 5. The Morgan fingerprint density at radius 2 is 2.15 bits per heavy atom. The van der Waals surface area contributed by atoms with E-state index in [1.165, 1.54) is 17.0 Å². The molecule has 1 aliphatic heterocycles. The van der Waals surface area contributed by atoms with Crippen molar-refractivity contribution in [1.82, 2.24) is 9.80 Å². The van der Waals surface area contributed by atoms with Gasteiger partial charge in [-0.25, -0.2) is 0 Å². The molecule has 6 heteroatoms. The van der Waals surface area contributed by atoms with Crippen LogP contribution in [-0.2, 0) is 0 Å². The van der Waals surface area contributed by atoms with Crippen LogP contribution in [0.25, 0.3) is 0 Å². The summed E-state index contributed by atoms with van der Waals surface area (Å²) in [4.78, 5) is 27.2. The number of β-amino-alcohol motifs (C(OH)–C–C–N with tert-alkyl or cyclic N) is 1. The summed E-state index contributed by atoms with van der Waals surface area (Å²) in [5, 5.41) is 10.1. The Morgan fingerprint density at radius 3 is 2.70 bits per heavy atom. The van der Waals surface area contributed by atoms with Crippen molar-refractivity contribution in [2.45, 2.75) is 25.5 Å². The van der Waals surface area contributed by atoms with Crippen LogP contribution in [0, 0.1) is 6.92 Å². The van der Waals surface area contributed by atoms with E-state index in [1.807, 2.05) is 19.0 Å². The second-order valence-electron chi connectivity index (χ2n) is 5.41. The van der Waals surface area contributed by atoms with Crippen LogP contribution in [0.15, 0.2) is 21.3 Å². The van der Waals surface area contributed by atoms with Crippen molar-refractivity contribution in [3.8, 4) is 0 Å². The van der Waals surface area contributed by atoms with E-state index in [0.717, 1.165) is 0 Å². The fraction of sp³-hybridized carbons (Fsp3) is 0.571. The van der Waals surface area contributed by atoms with Gasteiger partial charge in [0.1, 0.15) is 5.76 Å². The molecule has 1 amide bonds. The molecule has 1 aromatic heterocycles. The largest absolute Gasteiger partial charge is 0.456 e. The van der Waals surface area contributed by atoms with Gasteiger partial charge in [0.25, 0.3) is 5.91 Å². The van der Waals surface area contributed by atoms with Gasteiger partial charge in [0.05, 0.1) is 6.10 Å². The van der Waals surface area contributed by atoms with Gasteiger partial charge in [-0.3, -0.25) is 9.59 Å². The molecule has 0 bridgehead atoms. The number of amides is 1. The molecule has 0 unspecified atom stereocenters. The lowest BCUT2D eigenvalue weighted by molar-refractivity contribution is 0.00471. The van der Waals surface area contributed by atoms with E-state index < -0.39 is 6.10 Å². The summed E-state index contributed by atoms with van der Waals surface area (Å²) >= 11 is 0. The molecule has 0 aromatic carbocycles. The Bertz CT molecular complexity index is 552. The van der Waals surface area contributed by atoms with Crippen LogP contribution in [0.2, 0.25) is 0 Å². The fourth-order valence-corrected chi connectivity index (χ4v) is 2.57. The lowest BCUT2D eigenvalue weighted by Gasteiger charge is -2.38. The average Bonchev–Trinajstić information content (AvgIpc) is 2.36. The molecule has 20 heavy (non-hydrogen) atoms. The van der Waals surface area contributed by atoms with Crippen LogP contribution >= 0.6 is 0 Å². The highest BCUT2D eigenvalue weighted by Gasteiger charge is 2.32. The molecule has 0 saturated carbocycles. The molecular formula is C14H20N2O4. The third-order valence-corrected chi connectivity index (χ3v) is 3.60. The first-order valence-electron chi connectivity index (χ1n) is 6.64. The lowest BCUT2D eigenvalue weighted by Crippen LogP contribution is -2.53. The standard InChI is InChI=1S/C14H20N2O4/c1-9-6-10(17)7-13(20-9)14(19)16-5-4-11(15(2)3)12(18)8-16/h6-7,11-12,18H,4-5,8H2,1-3H3/t11-,12-/m1/s1. The number of piperidine rings is 1. The van der Waals surface area contributed by atoms with Crippen LogP contribution in [0.3, 0.4) is 0 Å². The molecule has 1 fully saturated rings. The smallest absolute Gasteiger partial charge is 0.289 e.